The van der Waals surface area contributed by atoms with Crippen LogP contribution in [0.1, 0.15) is 13.3 Å². The fourth-order valence-electron chi connectivity index (χ4n) is 1.10. The summed E-state index contributed by atoms with van der Waals surface area (Å²) in [6.45, 7) is 1.96. The number of hydrogen-bond acceptors (Lipinski definition) is 1. The molecule has 14 heavy (non-hydrogen) atoms. The molecular formula is C11H14ClNO. The van der Waals surface area contributed by atoms with Crippen molar-refractivity contribution >= 4 is 23.2 Å². The molecule has 0 heterocycles. The fraction of sp³-hybridized carbons (Fsp3) is 0.364. The van der Waals surface area contributed by atoms with E-state index in [2.05, 4.69) is 5.32 Å². The van der Waals surface area contributed by atoms with E-state index in [1.807, 2.05) is 37.3 Å². The van der Waals surface area contributed by atoms with E-state index in [9.17, 15) is 4.79 Å². The lowest BCUT2D eigenvalue weighted by Crippen LogP contribution is -2.15. The van der Waals surface area contributed by atoms with Crippen LogP contribution < -0.4 is 5.32 Å². The molecule has 0 saturated carbocycles. The minimum atomic E-state index is 0.0179. The van der Waals surface area contributed by atoms with E-state index in [1.165, 1.54) is 0 Å². The number of para-hydroxylation sites is 1. The molecule has 2 nitrogen and oxygen atoms in total. The van der Waals surface area contributed by atoms with Crippen LogP contribution in [0.25, 0.3) is 0 Å². The van der Waals surface area contributed by atoms with Crippen LogP contribution in [0.2, 0.25) is 0 Å². The molecular weight excluding hydrogens is 198 g/mol. The molecule has 0 aliphatic heterocycles. The van der Waals surface area contributed by atoms with Gasteiger partial charge in [0.2, 0.25) is 5.91 Å². The first kappa shape index (κ1) is 11.1. The van der Waals surface area contributed by atoms with Crippen LogP contribution in [0.5, 0.6) is 0 Å². The third-order valence-corrected chi connectivity index (χ3v) is 2.38. The van der Waals surface area contributed by atoms with Crippen LogP contribution in [0.4, 0.5) is 5.69 Å². The predicted molar refractivity (Wildman–Crippen MR) is 59.6 cm³/mol. The SMILES string of the molecule is CC(CCl)CC(=O)Nc1ccccc1. The molecule has 1 rings (SSSR count). The Kier molecular flexibility index (Phi) is 4.47. The van der Waals surface area contributed by atoms with E-state index in [4.69, 9.17) is 11.6 Å². The molecule has 0 saturated heterocycles. The van der Waals surface area contributed by atoms with Crippen LogP contribution in [0, 0.1) is 5.92 Å². The number of carbonyl (C=O) groups is 1. The van der Waals surface area contributed by atoms with Crippen molar-refractivity contribution in [3.8, 4) is 0 Å². The van der Waals surface area contributed by atoms with E-state index in [0.29, 0.717) is 12.3 Å². The summed E-state index contributed by atoms with van der Waals surface area (Å²) in [5.41, 5.74) is 0.833. The van der Waals surface area contributed by atoms with Crippen molar-refractivity contribution in [3.05, 3.63) is 30.3 Å². The van der Waals surface area contributed by atoms with Crippen molar-refractivity contribution in [1.29, 1.82) is 0 Å². The van der Waals surface area contributed by atoms with E-state index >= 15 is 0 Å². The molecule has 0 bridgehead atoms. The average molecular weight is 212 g/mol. The quantitative estimate of drug-likeness (QED) is 0.763. The molecule has 1 N–H and O–H groups in total. The van der Waals surface area contributed by atoms with E-state index < -0.39 is 0 Å². The van der Waals surface area contributed by atoms with Crippen LogP contribution >= 0.6 is 11.6 Å². The highest BCUT2D eigenvalue weighted by Crippen LogP contribution is 2.09. The molecule has 0 radical (unpaired) electrons. The summed E-state index contributed by atoms with van der Waals surface area (Å²) in [4.78, 5) is 11.4. The lowest BCUT2D eigenvalue weighted by atomic mass is 10.1. The summed E-state index contributed by atoms with van der Waals surface area (Å²) in [5, 5.41) is 2.81. The van der Waals surface area contributed by atoms with Crippen molar-refractivity contribution in [1.82, 2.24) is 0 Å². The van der Waals surface area contributed by atoms with Crippen LogP contribution in [-0.4, -0.2) is 11.8 Å². The van der Waals surface area contributed by atoms with Crippen LogP contribution in [0.3, 0.4) is 0 Å². The maximum Gasteiger partial charge on any atom is 0.224 e. The van der Waals surface area contributed by atoms with Gasteiger partial charge in [-0.3, -0.25) is 4.79 Å². The Labute approximate surface area is 89.3 Å². The summed E-state index contributed by atoms with van der Waals surface area (Å²) >= 11 is 5.62. The Morgan fingerprint density at radius 3 is 2.64 bits per heavy atom. The molecule has 1 amide bonds. The summed E-state index contributed by atoms with van der Waals surface area (Å²) < 4.78 is 0. The summed E-state index contributed by atoms with van der Waals surface area (Å²) in [7, 11) is 0. The smallest absolute Gasteiger partial charge is 0.224 e. The minimum Gasteiger partial charge on any atom is -0.326 e. The highest BCUT2D eigenvalue weighted by atomic mass is 35.5. The number of halogens is 1. The molecule has 0 spiro atoms. The van der Waals surface area contributed by atoms with Crippen molar-refractivity contribution in [3.63, 3.8) is 0 Å². The maximum atomic E-state index is 11.4. The van der Waals surface area contributed by atoms with Crippen LogP contribution in [-0.2, 0) is 4.79 Å². The second kappa shape index (κ2) is 5.66. The summed E-state index contributed by atoms with van der Waals surface area (Å²) in [5.74, 6) is 0.757. The first-order valence-electron chi connectivity index (χ1n) is 4.63. The number of anilines is 1. The van der Waals surface area contributed by atoms with E-state index in [1.54, 1.807) is 0 Å². The van der Waals surface area contributed by atoms with Gasteiger partial charge in [-0.1, -0.05) is 25.1 Å². The number of rotatable bonds is 4. The van der Waals surface area contributed by atoms with Gasteiger partial charge < -0.3 is 5.32 Å². The van der Waals surface area contributed by atoms with Crippen molar-refractivity contribution in [2.24, 2.45) is 5.92 Å². The van der Waals surface area contributed by atoms with Crippen LogP contribution in [0.15, 0.2) is 30.3 Å². The number of carbonyl (C=O) groups excluding carboxylic acids is 1. The molecule has 1 unspecified atom stereocenters. The Balaban J connectivity index is 2.42. The van der Waals surface area contributed by atoms with Gasteiger partial charge in [-0.15, -0.1) is 11.6 Å². The lowest BCUT2D eigenvalue weighted by Gasteiger charge is -2.07. The summed E-state index contributed by atoms with van der Waals surface area (Å²) in [6.07, 6.45) is 0.471. The molecule has 1 aromatic carbocycles. The second-order valence-electron chi connectivity index (χ2n) is 3.38. The fourth-order valence-corrected chi connectivity index (χ4v) is 1.21. The monoisotopic (exact) mass is 211 g/mol. The van der Waals surface area contributed by atoms with Gasteiger partial charge in [0.05, 0.1) is 0 Å². The summed E-state index contributed by atoms with van der Waals surface area (Å²) in [6, 6.07) is 9.42. The Morgan fingerprint density at radius 1 is 1.43 bits per heavy atom. The van der Waals surface area contributed by atoms with Gasteiger partial charge in [-0.2, -0.15) is 0 Å². The van der Waals surface area contributed by atoms with E-state index in [0.717, 1.165) is 5.69 Å². The van der Waals surface area contributed by atoms with Gasteiger partial charge in [-0.25, -0.2) is 0 Å². The zero-order valence-corrected chi connectivity index (χ0v) is 8.92. The number of benzene rings is 1. The van der Waals surface area contributed by atoms with Gasteiger partial charge in [-0.05, 0) is 18.1 Å². The first-order valence-corrected chi connectivity index (χ1v) is 5.16. The molecule has 3 heteroatoms. The largest absolute Gasteiger partial charge is 0.326 e. The third kappa shape index (κ3) is 3.79. The zero-order chi connectivity index (χ0) is 10.4. The topological polar surface area (TPSA) is 29.1 Å². The van der Waals surface area contributed by atoms with Crippen molar-refractivity contribution < 1.29 is 4.79 Å². The molecule has 1 atom stereocenters. The molecule has 76 valence electrons. The highest BCUT2D eigenvalue weighted by Gasteiger charge is 2.07. The second-order valence-corrected chi connectivity index (χ2v) is 3.69. The first-order chi connectivity index (χ1) is 6.72. The van der Waals surface area contributed by atoms with Crippen molar-refractivity contribution in [2.75, 3.05) is 11.2 Å². The zero-order valence-electron chi connectivity index (χ0n) is 8.16. The number of alkyl halides is 1. The molecule has 1 aromatic rings. The highest BCUT2D eigenvalue weighted by molar-refractivity contribution is 6.18. The van der Waals surface area contributed by atoms with E-state index in [-0.39, 0.29) is 11.8 Å². The van der Waals surface area contributed by atoms with Gasteiger partial charge >= 0.3 is 0 Å². The molecule has 0 aliphatic rings. The number of nitrogens with one attached hydrogen (secondary N) is 1. The number of amides is 1. The minimum absolute atomic E-state index is 0.0179. The maximum absolute atomic E-state index is 11.4. The average Bonchev–Trinajstić information content (AvgIpc) is 2.19. The Morgan fingerprint density at radius 2 is 2.07 bits per heavy atom. The molecule has 0 aliphatic carbocycles. The molecule has 0 fully saturated rings. The molecule has 0 aromatic heterocycles. The number of hydrogen-bond donors (Lipinski definition) is 1. The van der Waals surface area contributed by atoms with Gasteiger partial charge in [0.15, 0.2) is 0 Å². The Hall–Kier alpha value is -1.02. The third-order valence-electron chi connectivity index (χ3n) is 1.85. The predicted octanol–water partition coefficient (Wildman–Crippen LogP) is 2.89. The van der Waals surface area contributed by atoms with Gasteiger partial charge in [0.1, 0.15) is 0 Å². The lowest BCUT2D eigenvalue weighted by molar-refractivity contribution is -0.116. The van der Waals surface area contributed by atoms with Crippen molar-refractivity contribution in [2.45, 2.75) is 13.3 Å². The normalized spacial score (nSPS) is 12.1. The Bertz CT molecular complexity index is 287. The van der Waals surface area contributed by atoms with Gasteiger partial charge in [0, 0.05) is 18.0 Å². The van der Waals surface area contributed by atoms with Gasteiger partial charge in [0.25, 0.3) is 0 Å². The standard InChI is InChI=1S/C11H14ClNO/c1-9(8-12)7-11(14)13-10-5-3-2-4-6-10/h2-6,9H,7-8H2,1H3,(H,13,14).